The van der Waals surface area contributed by atoms with Crippen molar-refractivity contribution in [3.05, 3.63) is 29.3 Å². The molecule has 0 radical (unpaired) electrons. The van der Waals surface area contributed by atoms with Crippen molar-refractivity contribution in [3.63, 3.8) is 0 Å². The fourth-order valence-electron chi connectivity index (χ4n) is 2.60. The van der Waals surface area contributed by atoms with E-state index in [4.69, 9.17) is 33.7 Å². The topological polar surface area (TPSA) is 55.6 Å². The fraction of sp³-hybridized carbons (Fsp3) is 0.632. The Morgan fingerprint density at radius 1 is 1.24 bits per heavy atom. The van der Waals surface area contributed by atoms with Gasteiger partial charge >= 0.3 is 5.97 Å². The molecule has 0 heterocycles. The summed E-state index contributed by atoms with van der Waals surface area (Å²) in [5.74, 6) is 0.816. The number of hydrogen-bond donors (Lipinski definition) is 1. The number of alkyl halides is 2. The predicted molar refractivity (Wildman–Crippen MR) is 107 cm³/mol. The molecule has 25 heavy (non-hydrogen) atoms. The van der Waals surface area contributed by atoms with E-state index in [2.05, 4.69) is 23.1 Å². The molecular weight excluding hydrogens is 359 g/mol. The third kappa shape index (κ3) is 8.30. The highest BCUT2D eigenvalue weighted by atomic mass is 35.5. The van der Waals surface area contributed by atoms with Gasteiger partial charge in [-0.05, 0) is 57.4 Å². The van der Waals surface area contributed by atoms with Crippen LogP contribution in [-0.2, 0) is 16.0 Å². The summed E-state index contributed by atoms with van der Waals surface area (Å²) >= 11 is 11.8. The number of benzene rings is 1. The Labute approximate surface area is 161 Å². The van der Waals surface area contributed by atoms with Crippen molar-refractivity contribution >= 4 is 34.9 Å². The van der Waals surface area contributed by atoms with Gasteiger partial charge in [-0.15, -0.1) is 23.2 Å². The van der Waals surface area contributed by atoms with Crippen LogP contribution in [0.1, 0.15) is 38.3 Å². The van der Waals surface area contributed by atoms with Crippen molar-refractivity contribution in [3.8, 4) is 0 Å². The first kappa shape index (κ1) is 22.1. The number of hydrogen-bond acceptors (Lipinski definition) is 4. The number of nitrogens with zero attached hydrogens (tertiary/aromatic N) is 1. The van der Waals surface area contributed by atoms with Gasteiger partial charge in [0, 0.05) is 36.6 Å². The molecule has 0 spiro atoms. The van der Waals surface area contributed by atoms with E-state index in [-0.39, 0.29) is 18.4 Å². The molecule has 1 aromatic carbocycles. The van der Waals surface area contributed by atoms with Gasteiger partial charge in [0.25, 0.3) is 0 Å². The Morgan fingerprint density at radius 3 is 2.36 bits per heavy atom. The van der Waals surface area contributed by atoms with Crippen molar-refractivity contribution in [2.75, 3.05) is 29.7 Å². The summed E-state index contributed by atoms with van der Waals surface area (Å²) in [6, 6.07) is 5.97. The highest BCUT2D eigenvalue weighted by Crippen LogP contribution is 2.21. The number of carbonyl (C=O) groups is 1. The monoisotopic (exact) mass is 388 g/mol. The molecule has 0 saturated carbocycles. The predicted octanol–water partition coefficient (Wildman–Crippen LogP) is 3.88. The number of esters is 1. The summed E-state index contributed by atoms with van der Waals surface area (Å²) < 4.78 is 5.35. The zero-order chi connectivity index (χ0) is 19.0. The molecule has 6 heteroatoms. The molecule has 0 aromatic heterocycles. The van der Waals surface area contributed by atoms with Crippen LogP contribution in [0.15, 0.2) is 18.2 Å². The SMILES string of the molecule is Cc1ccc(N(CCCl)CCCl)cc1CC(N)CC(=O)OC(C)(C)C. The quantitative estimate of drug-likeness (QED) is 0.514. The van der Waals surface area contributed by atoms with E-state index in [1.807, 2.05) is 27.7 Å². The first-order valence-electron chi connectivity index (χ1n) is 8.60. The largest absolute Gasteiger partial charge is 0.460 e. The van der Waals surface area contributed by atoms with E-state index in [0.29, 0.717) is 18.2 Å². The molecule has 0 aliphatic rings. The van der Waals surface area contributed by atoms with Crippen LogP contribution in [0, 0.1) is 6.92 Å². The Balaban J connectivity index is 2.80. The number of anilines is 1. The standard InChI is InChI=1S/C19H30Cl2N2O2/c1-14-5-6-17(23(9-7-20)10-8-21)12-15(14)11-16(22)13-18(24)25-19(2,3)4/h5-6,12,16H,7-11,13,22H2,1-4H3. The number of ether oxygens (including phenoxy) is 1. The maximum atomic E-state index is 11.9. The summed E-state index contributed by atoms with van der Waals surface area (Å²) in [5, 5.41) is 0. The minimum Gasteiger partial charge on any atom is -0.460 e. The van der Waals surface area contributed by atoms with Crippen molar-refractivity contribution in [2.24, 2.45) is 5.73 Å². The van der Waals surface area contributed by atoms with E-state index in [0.717, 1.165) is 29.9 Å². The molecule has 0 bridgehead atoms. The third-order valence-electron chi connectivity index (χ3n) is 3.74. The molecule has 1 aromatic rings. The second kappa shape index (κ2) is 10.2. The molecule has 4 nitrogen and oxygen atoms in total. The normalized spacial score (nSPS) is 12.8. The Morgan fingerprint density at radius 2 is 1.84 bits per heavy atom. The first-order valence-corrected chi connectivity index (χ1v) is 9.67. The lowest BCUT2D eigenvalue weighted by atomic mass is 9.98. The van der Waals surface area contributed by atoms with Crippen LogP contribution in [0.25, 0.3) is 0 Å². The van der Waals surface area contributed by atoms with Crippen LogP contribution < -0.4 is 10.6 Å². The van der Waals surface area contributed by atoms with Gasteiger partial charge in [-0.3, -0.25) is 4.79 Å². The highest BCUT2D eigenvalue weighted by molar-refractivity contribution is 6.18. The maximum absolute atomic E-state index is 11.9. The first-order chi connectivity index (χ1) is 11.7. The molecule has 0 aliphatic carbocycles. The van der Waals surface area contributed by atoms with Crippen LogP contribution in [0.5, 0.6) is 0 Å². The molecule has 0 amide bonds. The van der Waals surface area contributed by atoms with Crippen molar-refractivity contribution in [1.82, 2.24) is 0 Å². The molecule has 2 N–H and O–H groups in total. The summed E-state index contributed by atoms with van der Waals surface area (Å²) in [4.78, 5) is 14.1. The Bertz CT molecular complexity index is 553. The summed E-state index contributed by atoms with van der Waals surface area (Å²) in [6.07, 6.45) is 0.822. The average Bonchev–Trinajstić information content (AvgIpc) is 2.47. The summed E-state index contributed by atoms with van der Waals surface area (Å²) in [7, 11) is 0. The van der Waals surface area contributed by atoms with E-state index >= 15 is 0 Å². The van der Waals surface area contributed by atoms with Gasteiger partial charge in [-0.1, -0.05) is 6.07 Å². The number of nitrogens with two attached hydrogens (primary N) is 1. The number of aryl methyl sites for hydroxylation is 1. The molecule has 1 rings (SSSR count). The minimum atomic E-state index is -0.490. The second-order valence-electron chi connectivity index (χ2n) is 7.23. The van der Waals surface area contributed by atoms with Crippen molar-refractivity contribution in [2.45, 2.75) is 52.2 Å². The van der Waals surface area contributed by atoms with Gasteiger partial charge in [0.15, 0.2) is 0 Å². The lowest BCUT2D eigenvalue weighted by Crippen LogP contribution is -2.31. The lowest BCUT2D eigenvalue weighted by Gasteiger charge is -2.25. The third-order valence-corrected chi connectivity index (χ3v) is 4.08. The smallest absolute Gasteiger partial charge is 0.307 e. The molecule has 0 aliphatic heterocycles. The number of halogens is 2. The van der Waals surface area contributed by atoms with Crippen LogP contribution in [0.2, 0.25) is 0 Å². The van der Waals surface area contributed by atoms with E-state index in [9.17, 15) is 4.79 Å². The number of rotatable bonds is 9. The Hall–Kier alpha value is -0.970. The van der Waals surface area contributed by atoms with E-state index < -0.39 is 5.60 Å². The lowest BCUT2D eigenvalue weighted by molar-refractivity contribution is -0.155. The zero-order valence-corrected chi connectivity index (χ0v) is 17.2. The molecule has 1 unspecified atom stereocenters. The average molecular weight is 389 g/mol. The summed E-state index contributed by atoms with van der Waals surface area (Å²) in [5.41, 5.74) is 9.05. The summed E-state index contributed by atoms with van der Waals surface area (Å²) in [6.45, 7) is 9.08. The van der Waals surface area contributed by atoms with Crippen molar-refractivity contribution < 1.29 is 9.53 Å². The van der Waals surface area contributed by atoms with Crippen LogP contribution in [0.4, 0.5) is 5.69 Å². The second-order valence-corrected chi connectivity index (χ2v) is 7.99. The molecule has 1 atom stereocenters. The molecular formula is C19H30Cl2N2O2. The zero-order valence-electron chi connectivity index (χ0n) is 15.6. The van der Waals surface area contributed by atoms with E-state index in [1.54, 1.807) is 0 Å². The van der Waals surface area contributed by atoms with Gasteiger partial charge in [0.05, 0.1) is 6.42 Å². The van der Waals surface area contributed by atoms with Crippen LogP contribution in [0.3, 0.4) is 0 Å². The van der Waals surface area contributed by atoms with Crippen molar-refractivity contribution in [1.29, 1.82) is 0 Å². The Kier molecular flexibility index (Phi) is 9.04. The van der Waals surface area contributed by atoms with Gasteiger partial charge in [0.2, 0.25) is 0 Å². The van der Waals surface area contributed by atoms with E-state index in [1.165, 1.54) is 0 Å². The molecule has 142 valence electrons. The minimum absolute atomic E-state index is 0.202. The van der Waals surface area contributed by atoms with Gasteiger partial charge in [0.1, 0.15) is 5.60 Å². The number of carbonyl (C=O) groups excluding carboxylic acids is 1. The van der Waals surface area contributed by atoms with Gasteiger partial charge in [-0.2, -0.15) is 0 Å². The van der Waals surface area contributed by atoms with Gasteiger partial charge in [-0.25, -0.2) is 0 Å². The van der Waals surface area contributed by atoms with Crippen LogP contribution in [-0.4, -0.2) is 42.5 Å². The fourth-order valence-corrected chi connectivity index (χ4v) is 3.01. The van der Waals surface area contributed by atoms with Crippen LogP contribution >= 0.6 is 23.2 Å². The maximum Gasteiger partial charge on any atom is 0.307 e. The molecule has 0 fully saturated rings. The highest BCUT2D eigenvalue weighted by Gasteiger charge is 2.19. The molecule has 0 saturated heterocycles. The van der Waals surface area contributed by atoms with Gasteiger partial charge < -0.3 is 15.4 Å².